The molecule has 1 N–H and O–H groups in total. The van der Waals surface area contributed by atoms with Crippen LogP contribution in [0.4, 0.5) is 10.2 Å². The zero-order chi connectivity index (χ0) is 26.4. The van der Waals surface area contributed by atoms with Gasteiger partial charge >= 0.3 is 0 Å². The number of carbonyl (C=O) groups excluding carboxylic acids is 2. The minimum Gasteiger partial charge on any atom is -0.483 e. The Hall–Kier alpha value is -3.73. The Balaban J connectivity index is 1.46. The Labute approximate surface area is 220 Å². The lowest BCUT2D eigenvalue weighted by Gasteiger charge is -2.36. The second-order valence-electron chi connectivity index (χ2n) is 10.5. The number of aromatic nitrogens is 3. The first-order valence-electron chi connectivity index (χ1n) is 13.2. The molecule has 3 aliphatic heterocycles. The van der Waals surface area contributed by atoms with Gasteiger partial charge in [-0.25, -0.2) is 9.37 Å². The van der Waals surface area contributed by atoms with Crippen molar-refractivity contribution in [2.24, 2.45) is 0 Å². The quantitative estimate of drug-likeness (QED) is 0.525. The molecule has 2 amide bonds. The SMILES string of the molecule is CN1CC(c2cc3n4nc(cc4n2)C2CCCCN2C(=O)c2cc(F)ccc2OCC(=O)NCCN3C)C1. The van der Waals surface area contributed by atoms with Crippen molar-refractivity contribution in [1.82, 2.24) is 29.7 Å². The number of likely N-dealkylation sites (tertiary alicyclic amines) is 1. The second kappa shape index (κ2) is 9.86. The molecule has 6 rings (SSSR count). The molecule has 0 saturated carbocycles. The minimum absolute atomic E-state index is 0.107. The molecule has 0 spiro atoms. The van der Waals surface area contributed by atoms with Gasteiger partial charge in [-0.1, -0.05) is 0 Å². The summed E-state index contributed by atoms with van der Waals surface area (Å²) in [6, 6.07) is 7.61. The van der Waals surface area contributed by atoms with Crippen LogP contribution in [0.3, 0.4) is 0 Å². The topological polar surface area (TPSA) is 95.3 Å². The highest BCUT2D eigenvalue weighted by molar-refractivity contribution is 5.97. The number of rotatable bonds is 1. The van der Waals surface area contributed by atoms with Gasteiger partial charge in [0.15, 0.2) is 12.3 Å². The summed E-state index contributed by atoms with van der Waals surface area (Å²) in [7, 11) is 4.07. The summed E-state index contributed by atoms with van der Waals surface area (Å²) in [5.74, 6) is 0.229. The molecule has 2 saturated heterocycles. The third kappa shape index (κ3) is 4.55. The molecular formula is C27H32FN7O3. The van der Waals surface area contributed by atoms with E-state index in [4.69, 9.17) is 14.8 Å². The summed E-state index contributed by atoms with van der Waals surface area (Å²) in [4.78, 5) is 37.4. The van der Waals surface area contributed by atoms with Gasteiger partial charge < -0.3 is 24.8 Å². The first-order valence-corrected chi connectivity index (χ1v) is 13.2. The molecule has 3 aliphatic rings. The van der Waals surface area contributed by atoms with Crippen LogP contribution in [0.25, 0.3) is 5.65 Å². The number of amides is 2. The lowest BCUT2D eigenvalue weighted by molar-refractivity contribution is -0.123. The van der Waals surface area contributed by atoms with Crippen LogP contribution in [0.2, 0.25) is 0 Å². The monoisotopic (exact) mass is 521 g/mol. The lowest BCUT2D eigenvalue weighted by atomic mass is 9.96. The number of halogens is 1. The van der Waals surface area contributed by atoms with Crippen LogP contribution in [0.15, 0.2) is 30.3 Å². The van der Waals surface area contributed by atoms with Crippen molar-refractivity contribution in [3.05, 3.63) is 53.1 Å². The molecule has 200 valence electrons. The number of piperidine rings is 1. The van der Waals surface area contributed by atoms with Crippen LogP contribution in [0, 0.1) is 5.82 Å². The number of benzene rings is 1. The number of nitrogens with one attached hydrogen (secondary N) is 1. The normalized spacial score (nSPS) is 21.6. The number of carbonyl (C=O) groups is 2. The third-order valence-corrected chi connectivity index (χ3v) is 7.73. The molecule has 5 heterocycles. The summed E-state index contributed by atoms with van der Waals surface area (Å²) >= 11 is 0. The van der Waals surface area contributed by atoms with Crippen molar-refractivity contribution >= 4 is 23.3 Å². The molecule has 3 aromatic rings. The Morgan fingerprint density at radius 1 is 1.05 bits per heavy atom. The Morgan fingerprint density at radius 2 is 1.89 bits per heavy atom. The van der Waals surface area contributed by atoms with Crippen molar-refractivity contribution < 1.29 is 18.7 Å². The van der Waals surface area contributed by atoms with Gasteiger partial charge in [0.2, 0.25) is 0 Å². The molecule has 2 fully saturated rings. The molecule has 0 aliphatic carbocycles. The molecule has 1 aromatic carbocycles. The number of hydrogen-bond acceptors (Lipinski definition) is 7. The largest absolute Gasteiger partial charge is 0.483 e. The maximum absolute atomic E-state index is 14.3. The van der Waals surface area contributed by atoms with E-state index in [1.165, 1.54) is 18.2 Å². The number of fused-ring (bicyclic) bond motifs is 4. The van der Waals surface area contributed by atoms with Gasteiger partial charge in [0.1, 0.15) is 17.4 Å². The first-order chi connectivity index (χ1) is 18.4. The van der Waals surface area contributed by atoms with Crippen LogP contribution in [0.1, 0.15) is 53.0 Å². The molecule has 38 heavy (non-hydrogen) atoms. The van der Waals surface area contributed by atoms with Gasteiger partial charge in [0.25, 0.3) is 11.8 Å². The summed E-state index contributed by atoms with van der Waals surface area (Å²) in [6.45, 7) is 3.10. The van der Waals surface area contributed by atoms with Gasteiger partial charge in [-0.15, -0.1) is 0 Å². The van der Waals surface area contributed by atoms with Crippen LogP contribution < -0.4 is 15.0 Å². The highest BCUT2D eigenvalue weighted by atomic mass is 19.1. The first kappa shape index (κ1) is 24.6. The number of likely N-dealkylation sites (N-methyl/N-ethyl adjacent to an activating group) is 2. The van der Waals surface area contributed by atoms with Crippen LogP contribution >= 0.6 is 0 Å². The molecular weight excluding hydrogens is 489 g/mol. The average molecular weight is 522 g/mol. The van der Waals surface area contributed by atoms with E-state index >= 15 is 0 Å². The molecule has 2 bridgehead atoms. The predicted molar refractivity (Wildman–Crippen MR) is 139 cm³/mol. The van der Waals surface area contributed by atoms with Crippen molar-refractivity contribution in [3.63, 3.8) is 0 Å². The number of nitrogens with zero attached hydrogens (tertiary/aromatic N) is 6. The smallest absolute Gasteiger partial charge is 0.258 e. The van der Waals surface area contributed by atoms with E-state index in [9.17, 15) is 14.0 Å². The molecule has 2 aromatic heterocycles. The van der Waals surface area contributed by atoms with Gasteiger partial charge in [-0.05, 0) is 44.5 Å². The van der Waals surface area contributed by atoms with E-state index in [0.29, 0.717) is 25.6 Å². The van der Waals surface area contributed by atoms with Crippen molar-refractivity contribution in [2.75, 3.05) is 58.3 Å². The highest BCUT2D eigenvalue weighted by Gasteiger charge is 2.34. The average Bonchev–Trinajstić information content (AvgIpc) is 3.33. The van der Waals surface area contributed by atoms with E-state index in [1.54, 1.807) is 4.90 Å². The minimum atomic E-state index is -0.535. The Morgan fingerprint density at radius 3 is 2.71 bits per heavy atom. The summed E-state index contributed by atoms with van der Waals surface area (Å²) in [6.07, 6.45) is 2.54. The van der Waals surface area contributed by atoms with E-state index in [1.807, 2.05) is 17.6 Å². The fourth-order valence-corrected chi connectivity index (χ4v) is 5.63. The summed E-state index contributed by atoms with van der Waals surface area (Å²) in [5.41, 5.74) is 2.62. The van der Waals surface area contributed by atoms with Crippen LogP contribution in [-0.2, 0) is 4.79 Å². The number of anilines is 1. The highest BCUT2D eigenvalue weighted by Crippen LogP contribution is 2.35. The van der Waals surface area contributed by atoms with Gasteiger partial charge in [0, 0.05) is 57.8 Å². The summed E-state index contributed by atoms with van der Waals surface area (Å²) < 4.78 is 21.8. The van der Waals surface area contributed by atoms with E-state index in [0.717, 1.165) is 55.2 Å². The van der Waals surface area contributed by atoms with Gasteiger partial charge in [-0.2, -0.15) is 9.61 Å². The van der Waals surface area contributed by atoms with Gasteiger partial charge in [0.05, 0.1) is 23.0 Å². The molecule has 0 radical (unpaired) electrons. The van der Waals surface area contributed by atoms with Crippen molar-refractivity contribution in [3.8, 4) is 5.75 Å². The lowest BCUT2D eigenvalue weighted by Crippen LogP contribution is -2.42. The van der Waals surface area contributed by atoms with Crippen LogP contribution in [-0.4, -0.2) is 89.6 Å². The standard InChI is InChI=1S/C27H32FN7O3/c1-32-14-17(15-32)20-13-26-33(2)10-8-29-25(36)16-38-23-7-6-18(28)11-19(23)27(37)34-9-4-3-5-22(34)21-12-24(30-20)35(26)31-21/h6-7,11-13,17,22H,3-5,8-10,14-16H2,1-2H3,(H,29,36). The number of ether oxygens (including phenoxy) is 1. The molecule has 1 unspecified atom stereocenters. The maximum atomic E-state index is 14.3. The summed E-state index contributed by atoms with van der Waals surface area (Å²) in [5, 5.41) is 7.82. The maximum Gasteiger partial charge on any atom is 0.258 e. The fourth-order valence-electron chi connectivity index (χ4n) is 5.63. The van der Waals surface area contributed by atoms with E-state index in [-0.39, 0.29) is 35.8 Å². The van der Waals surface area contributed by atoms with E-state index < -0.39 is 5.82 Å². The predicted octanol–water partition coefficient (Wildman–Crippen LogP) is 2.21. The zero-order valence-corrected chi connectivity index (χ0v) is 21.7. The fraction of sp³-hybridized carbons (Fsp3) is 0.481. The third-order valence-electron chi connectivity index (χ3n) is 7.73. The molecule has 11 heteroatoms. The van der Waals surface area contributed by atoms with E-state index in [2.05, 4.69) is 28.2 Å². The number of hydrogen-bond donors (Lipinski definition) is 1. The van der Waals surface area contributed by atoms with Gasteiger partial charge in [-0.3, -0.25) is 9.59 Å². The zero-order valence-electron chi connectivity index (χ0n) is 21.7. The van der Waals surface area contributed by atoms with Crippen molar-refractivity contribution in [2.45, 2.75) is 31.2 Å². The second-order valence-corrected chi connectivity index (χ2v) is 10.5. The van der Waals surface area contributed by atoms with Crippen LogP contribution in [0.5, 0.6) is 5.75 Å². The van der Waals surface area contributed by atoms with Crippen molar-refractivity contribution in [1.29, 1.82) is 0 Å². The molecule has 1 atom stereocenters. The molecule has 10 nitrogen and oxygen atoms in total. The Kier molecular flexibility index (Phi) is 6.38. The Bertz CT molecular complexity index is 1390.